The first-order valence-corrected chi connectivity index (χ1v) is 10.2. The summed E-state index contributed by atoms with van der Waals surface area (Å²) in [6.45, 7) is 1.61. The van der Waals surface area contributed by atoms with Crippen molar-refractivity contribution in [2.24, 2.45) is 7.05 Å². The van der Waals surface area contributed by atoms with E-state index in [1.54, 1.807) is 31.7 Å². The molecule has 0 spiro atoms. The van der Waals surface area contributed by atoms with Gasteiger partial charge in [0.05, 0.1) is 28.6 Å². The highest BCUT2D eigenvalue weighted by molar-refractivity contribution is 8.00. The molecule has 31 heavy (non-hydrogen) atoms. The third kappa shape index (κ3) is 5.31. The molecule has 3 rings (SSSR count). The Morgan fingerprint density at radius 3 is 2.65 bits per heavy atom. The van der Waals surface area contributed by atoms with E-state index in [-0.39, 0.29) is 10.7 Å². The fraction of sp³-hybridized carbons (Fsp3) is 0.250. The number of carbonyl (C=O) groups excluding carboxylic acids is 1. The molecule has 1 heterocycles. The zero-order valence-corrected chi connectivity index (χ0v) is 18.3. The van der Waals surface area contributed by atoms with Crippen molar-refractivity contribution in [1.29, 1.82) is 0 Å². The molecule has 1 N–H and O–H groups in total. The molecule has 164 valence electrons. The number of carbonyl (C=O) groups is 1. The average Bonchev–Trinajstić information content (AvgIpc) is 3.08. The van der Waals surface area contributed by atoms with E-state index in [9.17, 15) is 18.0 Å². The van der Waals surface area contributed by atoms with Crippen LogP contribution in [0.1, 0.15) is 12.5 Å². The number of methoxy groups -OCH3 is 1. The summed E-state index contributed by atoms with van der Waals surface area (Å²) in [6, 6.07) is 10.1. The van der Waals surface area contributed by atoms with Gasteiger partial charge in [-0.2, -0.15) is 13.2 Å². The van der Waals surface area contributed by atoms with Crippen molar-refractivity contribution in [3.63, 3.8) is 0 Å². The first kappa shape index (κ1) is 23.0. The predicted molar refractivity (Wildman–Crippen MR) is 113 cm³/mol. The number of halogens is 4. The van der Waals surface area contributed by atoms with Crippen molar-refractivity contribution < 1.29 is 22.7 Å². The molecule has 3 aromatic rings. The number of nitrogens with zero attached hydrogens (tertiary/aromatic N) is 3. The third-order valence-electron chi connectivity index (χ3n) is 4.37. The molecular weight excluding hydrogens is 453 g/mol. The van der Waals surface area contributed by atoms with Crippen LogP contribution < -0.4 is 10.1 Å². The van der Waals surface area contributed by atoms with Gasteiger partial charge in [0.1, 0.15) is 5.75 Å². The highest BCUT2D eigenvalue weighted by Crippen LogP contribution is 2.34. The van der Waals surface area contributed by atoms with Crippen molar-refractivity contribution in [2.45, 2.75) is 23.5 Å². The van der Waals surface area contributed by atoms with Crippen LogP contribution in [0, 0.1) is 0 Å². The summed E-state index contributed by atoms with van der Waals surface area (Å²) in [4.78, 5) is 12.6. The van der Waals surface area contributed by atoms with Gasteiger partial charge in [-0.3, -0.25) is 4.79 Å². The molecule has 0 saturated heterocycles. The van der Waals surface area contributed by atoms with Crippen molar-refractivity contribution >= 4 is 35.0 Å². The molecule has 0 fully saturated rings. The van der Waals surface area contributed by atoms with Gasteiger partial charge < -0.3 is 14.6 Å². The van der Waals surface area contributed by atoms with Gasteiger partial charge in [0.2, 0.25) is 5.91 Å². The van der Waals surface area contributed by atoms with E-state index in [1.165, 1.54) is 0 Å². The Balaban J connectivity index is 1.74. The quantitative estimate of drug-likeness (QED) is 0.496. The van der Waals surface area contributed by atoms with Crippen molar-refractivity contribution in [3.8, 4) is 17.1 Å². The van der Waals surface area contributed by atoms with E-state index in [0.717, 1.165) is 35.5 Å². The zero-order valence-electron chi connectivity index (χ0n) is 16.7. The number of amides is 1. The van der Waals surface area contributed by atoms with Crippen LogP contribution in [0.2, 0.25) is 5.02 Å². The highest BCUT2D eigenvalue weighted by atomic mass is 35.5. The second-order valence-electron chi connectivity index (χ2n) is 6.54. The first-order valence-electron chi connectivity index (χ1n) is 8.98. The monoisotopic (exact) mass is 470 g/mol. The molecule has 1 aromatic heterocycles. The number of nitrogens with one attached hydrogen (secondary N) is 1. The van der Waals surface area contributed by atoms with Crippen LogP contribution in [0.4, 0.5) is 18.9 Å². The van der Waals surface area contributed by atoms with Gasteiger partial charge in [-0.05, 0) is 37.3 Å². The van der Waals surface area contributed by atoms with Gasteiger partial charge in [0, 0.05) is 12.6 Å². The maximum absolute atomic E-state index is 12.9. The molecule has 0 aliphatic rings. The third-order valence-corrected chi connectivity index (χ3v) is 5.83. The van der Waals surface area contributed by atoms with Crippen LogP contribution >= 0.6 is 23.4 Å². The Morgan fingerprint density at radius 1 is 1.23 bits per heavy atom. The fourth-order valence-electron chi connectivity index (χ4n) is 2.67. The van der Waals surface area contributed by atoms with Gasteiger partial charge in [-0.15, -0.1) is 10.2 Å². The molecule has 0 bridgehead atoms. The summed E-state index contributed by atoms with van der Waals surface area (Å²) in [6.07, 6.45) is -4.54. The Morgan fingerprint density at radius 2 is 1.97 bits per heavy atom. The van der Waals surface area contributed by atoms with E-state index in [0.29, 0.717) is 16.7 Å². The van der Waals surface area contributed by atoms with Crippen LogP contribution in [0.5, 0.6) is 5.75 Å². The maximum Gasteiger partial charge on any atom is 0.416 e. The largest absolute Gasteiger partial charge is 0.497 e. The number of thioether (sulfide) groups is 1. The van der Waals surface area contributed by atoms with Crippen LogP contribution in [-0.2, 0) is 18.0 Å². The standard InChI is InChI=1S/C20H18ClF3N4O2S/c1-11(18(29)25-16-10-13(20(22,23)24)7-8-15(16)21)31-19-27-26-17(28(19)2)12-5-4-6-14(9-12)30-3/h4-11H,1-3H3,(H,25,29)/t11-/m0/s1. The van der Waals surface area contributed by atoms with Gasteiger partial charge in [0.15, 0.2) is 11.0 Å². The number of aromatic nitrogens is 3. The van der Waals surface area contributed by atoms with Gasteiger partial charge in [0.25, 0.3) is 0 Å². The molecule has 11 heteroatoms. The van der Waals surface area contributed by atoms with Crippen LogP contribution in [0.25, 0.3) is 11.4 Å². The lowest BCUT2D eigenvalue weighted by molar-refractivity contribution is -0.137. The molecule has 2 aromatic carbocycles. The number of anilines is 1. The topological polar surface area (TPSA) is 69.0 Å². The molecule has 0 radical (unpaired) electrons. The van der Waals surface area contributed by atoms with Crippen LogP contribution in [0.15, 0.2) is 47.6 Å². The first-order chi connectivity index (χ1) is 14.6. The van der Waals surface area contributed by atoms with Crippen molar-refractivity contribution in [2.75, 3.05) is 12.4 Å². The van der Waals surface area contributed by atoms with Gasteiger partial charge >= 0.3 is 6.18 Å². The summed E-state index contributed by atoms with van der Waals surface area (Å²) in [5.41, 5.74) is -0.221. The molecule has 1 amide bonds. The Bertz CT molecular complexity index is 1100. The number of ether oxygens (including phenoxy) is 1. The second-order valence-corrected chi connectivity index (χ2v) is 8.25. The molecule has 0 saturated carbocycles. The lowest BCUT2D eigenvalue weighted by atomic mass is 10.2. The summed E-state index contributed by atoms with van der Waals surface area (Å²) in [5.74, 6) is 0.729. The summed E-state index contributed by atoms with van der Waals surface area (Å²) < 4.78 is 45.7. The lowest BCUT2D eigenvalue weighted by Gasteiger charge is -2.14. The van der Waals surface area contributed by atoms with Crippen molar-refractivity contribution in [3.05, 3.63) is 53.1 Å². The molecule has 0 aliphatic carbocycles. The van der Waals surface area contributed by atoms with E-state index in [2.05, 4.69) is 15.5 Å². The number of rotatable bonds is 6. The highest BCUT2D eigenvalue weighted by Gasteiger charge is 2.31. The molecule has 1 atom stereocenters. The van der Waals surface area contributed by atoms with Crippen LogP contribution in [0.3, 0.4) is 0 Å². The van der Waals surface area contributed by atoms with Crippen molar-refractivity contribution in [1.82, 2.24) is 14.8 Å². The SMILES string of the molecule is COc1cccc(-c2nnc(S[C@@H](C)C(=O)Nc3cc(C(F)(F)F)ccc3Cl)n2C)c1. The zero-order chi connectivity index (χ0) is 22.8. The molecular formula is C20H18ClF3N4O2S. The average molecular weight is 471 g/mol. The number of benzene rings is 2. The van der Waals surface area contributed by atoms with Crippen LogP contribution in [-0.4, -0.2) is 33.0 Å². The molecule has 0 aliphatic heterocycles. The smallest absolute Gasteiger partial charge is 0.416 e. The van der Waals surface area contributed by atoms with E-state index >= 15 is 0 Å². The molecule has 0 unspecified atom stereocenters. The van der Waals surface area contributed by atoms with E-state index < -0.39 is 22.9 Å². The van der Waals surface area contributed by atoms with E-state index in [1.807, 2.05) is 18.2 Å². The number of hydrogen-bond donors (Lipinski definition) is 1. The molecule has 6 nitrogen and oxygen atoms in total. The number of hydrogen-bond acceptors (Lipinski definition) is 5. The minimum Gasteiger partial charge on any atom is -0.497 e. The predicted octanol–water partition coefficient (Wildman–Crippen LogP) is 5.28. The minimum atomic E-state index is -4.54. The minimum absolute atomic E-state index is 0.0116. The summed E-state index contributed by atoms with van der Waals surface area (Å²) >= 11 is 7.07. The Kier molecular flexibility index (Phi) is 6.80. The Hall–Kier alpha value is -2.72. The number of alkyl halides is 3. The van der Waals surface area contributed by atoms with E-state index in [4.69, 9.17) is 16.3 Å². The summed E-state index contributed by atoms with van der Waals surface area (Å²) in [7, 11) is 3.32. The maximum atomic E-state index is 12.9. The normalized spacial score (nSPS) is 12.5. The summed E-state index contributed by atoms with van der Waals surface area (Å²) in [5, 5.41) is 10.5. The fourth-order valence-corrected chi connectivity index (χ4v) is 3.65. The van der Waals surface area contributed by atoms with Gasteiger partial charge in [-0.1, -0.05) is 35.5 Å². The lowest BCUT2D eigenvalue weighted by Crippen LogP contribution is -2.23. The van der Waals surface area contributed by atoms with Gasteiger partial charge in [-0.25, -0.2) is 0 Å². The second kappa shape index (κ2) is 9.19. The Labute approximate surface area is 185 Å².